The first kappa shape index (κ1) is 28.4. The van der Waals surface area contributed by atoms with Gasteiger partial charge in [-0.3, -0.25) is 9.59 Å². The lowest BCUT2D eigenvalue weighted by molar-refractivity contribution is -0.120. The standard InChI is InChI=1S/C32H31N5O5S/c1-32(2,31(41)33-22-11-8-19(9-12-22)25-18-43-29(35-25)30(39)40)36-28(38)20-10-13-26-24(16-20)34-27(21-14-15-42-17-21)37(26)23-6-4-3-5-7-23/h8-18,23H,3-7H2,1-2H3,(H,33,41)(H,36,38)(H,39,40). The van der Waals surface area contributed by atoms with Crippen LogP contribution in [0.25, 0.3) is 33.7 Å². The summed E-state index contributed by atoms with van der Waals surface area (Å²) >= 11 is 1.05. The van der Waals surface area contributed by atoms with Crippen molar-refractivity contribution in [1.29, 1.82) is 0 Å². The van der Waals surface area contributed by atoms with Crippen LogP contribution < -0.4 is 10.6 Å². The Balaban J connectivity index is 1.17. The van der Waals surface area contributed by atoms with Crippen LogP contribution in [0.1, 0.15) is 72.2 Å². The van der Waals surface area contributed by atoms with Gasteiger partial charge in [0.2, 0.25) is 10.9 Å². The SMILES string of the molecule is CC(C)(NC(=O)c1ccc2c(c1)nc(-c1ccoc1)n2C1CCCCC1)C(=O)Nc1ccc(-c2csc(C(=O)O)n2)cc1. The minimum atomic E-state index is -1.22. The van der Waals surface area contributed by atoms with Crippen LogP contribution in [0.15, 0.2) is 70.9 Å². The van der Waals surface area contributed by atoms with E-state index in [-0.39, 0.29) is 16.8 Å². The van der Waals surface area contributed by atoms with E-state index >= 15 is 0 Å². The summed E-state index contributed by atoms with van der Waals surface area (Å²) in [5.41, 5.74) is 3.58. The summed E-state index contributed by atoms with van der Waals surface area (Å²) in [4.78, 5) is 46.7. The van der Waals surface area contributed by atoms with Crippen molar-refractivity contribution >= 4 is 45.8 Å². The molecule has 0 atom stereocenters. The number of fused-ring (bicyclic) bond motifs is 1. The number of carboxylic acids is 1. The molecular formula is C32H31N5O5S. The van der Waals surface area contributed by atoms with E-state index in [0.717, 1.165) is 46.6 Å². The van der Waals surface area contributed by atoms with Crippen molar-refractivity contribution in [2.75, 3.05) is 5.32 Å². The second-order valence-corrected chi connectivity index (χ2v) is 12.1. The summed E-state index contributed by atoms with van der Waals surface area (Å²) in [6.45, 7) is 3.29. The number of aromatic carboxylic acids is 1. The molecule has 0 bridgehead atoms. The minimum absolute atomic E-state index is 0.0139. The Morgan fingerprint density at radius 3 is 2.44 bits per heavy atom. The van der Waals surface area contributed by atoms with Gasteiger partial charge in [-0.2, -0.15) is 0 Å². The molecule has 0 aliphatic heterocycles. The Bertz CT molecular complexity index is 1800. The lowest BCUT2D eigenvalue weighted by atomic mass is 9.95. The molecule has 0 radical (unpaired) electrons. The monoisotopic (exact) mass is 597 g/mol. The zero-order valence-corrected chi connectivity index (χ0v) is 24.6. The molecule has 1 saturated carbocycles. The number of anilines is 1. The van der Waals surface area contributed by atoms with Gasteiger partial charge < -0.3 is 24.7 Å². The normalized spacial score (nSPS) is 14.1. The predicted octanol–water partition coefficient (Wildman–Crippen LogP) is 6.77. The van der Waals surface area contributed by atoms with Crippen molar-refractivity contribution in [3.63, 3.8) is 0 Å². The summed E-state index contributed by atoms with van der Waals surface area (Å²) in [5.74, 6) is -1.01. The molecule has 3 aromatic heterocycles. The van der Waals surface area contributed by atoms with Crippen molar-refractivity contribution in [2.45, 2.75) is 57.5 Å². The lowest BCUT2D eigenvalue weighted by Gasteiger charge is -2.26. The molecule has 2 amide bonds. The Kier molecular flexibility index (Phi) is 7.57. The highest BCUT2D eigenvalue weighted by atomic mass is 32.1. The van der Waals surface area contributed by atoms with Crippen LogP contribution >= 0.6 is 11.3 Å². The third-order valence-corrected chi connectivity index (χ3v) is 8.62. The molecule has 43 heavy (non-hydrogen) atoms. The van der Waals surface area contributed by atoms with Crippen LogP contribution in [0.4, 0.5) is 5.69 Å². The average Bonchev–Trinajstić information content (AvgIpc) is 3.77. The maximum Gasteiger partial charge on any atom is 0.365 e. The Morgan fingerprint density at radius 1 is 1.00 bits per heavy atom. The van der Waals surface area contributed by atoms with E-state index in [1.165, 1.54) is 19.3 Å². The summed E-state index contributed by atoms with van der Waals surface area (Å²) < 4.78 is 7.63. The number of carbonyl (C=O) groups is 3. The molecule has 1 fully saturated rings. The number of hydrogen-bond donors (Lipinski definition) is 3. The third kappa shape index (κ3) is 5.80. The molecule has 10 nitrogen and oxygen atoms in total. The van der Waals surface area contributed by atoms with Gasteiger partial charge in [0.15, 0.2) is 0 Å². The van der Waals surface area contributed by atoms with Gasteiger partial charge in [0.1, 0.15) is 17.6 Å². The number of thiazole rings is 1. The van der Waals surface area contributed by atoms with E-state index in [2.05, 4.69) is 20.2 Å². The highest BCUT2D eigenvalue weighted by Gasteiger charge is 2.31. The van der Waals surface area contributed by atoms with Crippen molar-refractivity contribution < 1.29 is 23.9 Å². The summed E-state index contributed by atoms with van der Waals surface area (Å²) in [6, 6.07) is 14.6. The second kappa shape index (κ2) is 11.5. The third-order valence-electron chi connectivity index (χ3n) is 7.79. The zero-order valence-electron chi connectivity index (χ0n) is 23.8. The number of benzene rings is 2. The van der Waals surface area contributed by atoms with Crippen LogP contribution in [0.2, 0.25) is 0 Å². The highest BCUT2D eigenvalue weighted by molar-refractivity contribution is 7.11. The quantitative estimate of drug-likeness (QED) is 0.179. The Morgan fingerprint density at radius 2 is 1.77 bits per heavy atom. The molecule has 0 spiro atoms. The average molecular weight is 598 g/mol. The Hall–Kier alpha value is -4.77. The van der Waals surface area contributed by atoms with E-state index < -0.39 is 11.5 Å². The van der Waals surface area contributed by atoms with E-state index in [1.54, 1.807) is 68.2 Å². The molecule has 0 saturated heterocycles. The van der Waals surface area contributed by atoms with E-state index in [9.17, 15) is 14.4 Å². The van der Waals surface area contributed by atoms with Gasteiger partial charge in [0.25, 0.3) is 5.91 Å². The van der Waals surface area contributed by atoms with Crippen LogP contribution in [-0.4, -0.2) is 43.0 Å². The summed E-state index contributed by atoms with van der Waals surface area (Å²) in [5, 5.41) is 16.5. The van der Waals surface area contributed by atoms with Crippen molar-refractivity contribution in [1.82, 2.24) is 19.9 Å². The van der Waals surface area contributed by atoms with E-state index in [1.807, 2.05) is 12.1 Å². The van der Waals surface area contributed by atoms with E-state index in [4.69, 9.17) is 14.5 Å². The van der Waals surface area contributed by atoms with Gasteiger partial charge in [-0.25, -0.2) is 14.8 Å². The first-order valence-corrected chi connectivity index (χ1v) is 15.1. The number of nitrogens with zero attached hydrogens (tertiary/aromatic N) is 3. The van der Waals surface area contributed by atoms with Crippen LogP contribution in [0, 0.1) is 0 Å². The number of hydrogen-bond acceptors (Lipinski definition) is 7. The lowest BCUT2D eigenvalue weighted by Crippen LogP contribution is -2.52. The molecule has 220 valence electrons. The van der Waals surface area contributed by atoms with E-state index in [0.29, 0.717) is 28.5 Å². The van der Waals surface area contributed by atoms with Crippen molar-refractivity contribution in [3.8, 4) is 22.6 Å². The number of imidazole rings is 1. The maximum atomic E-state index is 13.3. The molecule has 0 unspecified atom stereocenters. The molecule has 6 rings (SSSR count). The number of furan rings is 1. The number of carbonyl (C=O) groups excluding carboxylic acids is 2. The van der Waals surface area contributed by atoms with Gasteiger partial charge in [0, 0.05) is 28.2 Å². The molecule has 5 aromatic rings. The first-order valence-electron chi connectivity index (χ1n) is 14.2. The smallest absolute Gasteiger partial charge is 0.365 e. The van der Waals surface area contributed by atoms with Crippen LogP contribution in [0.3, 0.4) is 0 Å². The molecule has 11 heteroatoms. The fourth-order valence-electron chi connectivity index (χ4n) is 5.47. The fraction of sp³-hybridized carbons (Fsp3) is 0.281. The fourth-order valence-corrected chi connectivity index (χ4v) is 6.14. The van der Waals surface area contributed by atoms with Crippen LogP contribution in [-0.2, 0) is 4.79 Å². The van der Waals surface area contributed by atoms with Gasteiger partial charge >= 0.3 is 5.97 Å². The molecule has 1 aliphatic carbocycles. The van der Waals surface area contributed by atoms with Gasteiger partial charge in [0.05, 0.1) is 28.6 Å². The number of amides is 2. The molecule has 2 aromatic carbocycles. The summed E-state index contributed by atoms with van der Waals surface area (Å²) in [6.07, 6.45) is 9.09. The summed E-state index contributed by atoms with van der Waals surface area (Å²) in [7, 11) is 0. The molecule has 3 heterocycles. The number of aromatic nitrogens is 3. The molecule has 3 N–H and O–H groups in total. The van der Waals surface area contributed by atoms with Gasteiger partial charge in [-0.1, -0.05) is 31.4 Å². The topological polar surface area (TPSA) is 139 Å². The zero-order chi connectivity index (χ0) is 30.1. The first-order chi connectivity index (χ1) is 20.7. The molecular weight excluding hydrogens is 566 g/mol. The van der Waals surface area contributed by atoms with Gasteiger partial charge in [-0.05, 0) is 63.1 Å². The van der Waals surface area contributed by atoms with Gasteiger partial charge in [-0.15, -0.1) is 11.3 Å². The highest BCUT2D eigenvalue weighted by Crippen LogP contribution is 2.36. The minimum Gasteiger partial charge on any atom is -0.476 e. The van der Waals surface area contributed by atoms with Crippen molar-refractivity contribution in [2.24, 2.45) is 0 Å². The number of nitrogens with one attached hydrogen (secondary N) is 2. The largest absolute Gasteiger partial charge is 0.476 e. The predicted molar refractivity (Wildman–Crippen MR) is 164 cm³/mol. The number of rotatable bonds is 8. The number of carboxylic acid groups (broad SMARTS) is 1. The van der Waals surface area contributed by atoms with Crippen molar-refractivity contribution in [3.05, 3.63) is 77.0 Å². The maximum absolute atomic E-state index is 13.3. The molecule has 1 aliphatic rings. The Labute approximate surface area is 251 Å². The van der Waals surface area contributed by atoms with Crippen LogP contribution in [0.5, 0.6) is 0 Å². The second-order valence-electron chi connectivity index (χ2n) is 11.3.